The fourth-order valence-electron chi connectivity index (χ4n) is 2.90. The molecular formula is C20H13N3S2. The van der Waals surface area contributed by atoms with Gasteiger partial charge in [0.25, 0.3) is 0 Å². The Morgan fingerprint density at radius 3 is 2.68 bits per heavy atom. The molecule has 5 heteroatoms. The molecule has 0 amide bonds. The van der Waals surface area contributed by atoms with Gasteiger partial charge in [0.05, 0.1) is 21.6 Å². The fraction of sp³-hybridized carbons (Fsp3) is 0.0500. The zero-order valence-corrected chi connectivity index (χ0v) is 14.8. The summed E-state index contributed by atoms with van der Waals surface area (Å²) in [4.78, 5) is 17.4. The summed E-state index contributed by atoms with van der Waals surface area (Å²) in [5.41, 5.74) is 3.20. The zero-order chi connectivity index (χ0) is 16.6. The number of thioether (sulfide) groups is 2. The predicted octanol–water partition coefficient (Wildman–Crippen LogP) is 5.27. The second-order valence-corrected chi connectivity index (χ2v) is 7.92. The second-order valence-electron chi connectivity index (χ2n) is 5.72. The van der Waals surface area contributed by atoms with Gasteiger partial charge in [-0.15, -0.1) is 11.8 Å². The van der Waals surface area contributed by atoms with Crippen molar-refractivity contribution < 1.29 is 0 Å². The molecule has 120 valence electrons. The third-order valence-corrected chi connectivity index (χ3v) is 6.70. The Kier molecular flexibility index (Phi) is 3.68. The smallest absolute Gasteiger partial charge is 0.168 e. The van der Waals surface area contributed by atoms with Crippen molar-refractivity contribution in [2.45, 2.75) is 10.1 Å². The number of pyridine rings is 1. The molecule has 3 aliphatic rings. The lowest BCUT2D eigenvalue weighted by atomic mass is 10.1. The molecule has 1 aromatic carbocycles. The molecule has 3 nitrogen and oxygen atoms in total. The maximum atomic E-state index is 4.91. The van der Waals surface area contributed by atoms with Crippen LogP contribution in [0, 0.1) is 0 Å². The maximum absolute atomic E-state index is 4.91. The first-order valence-electron chi connectivity index (χ1n) is 7.99. The van der Waals surface area contributed by atoms with Crippen molar-refractivity contribution in [3.8, 4) is 0 Å². The molecule has 0 bridgehead atoms. The summed E-state index contributed by atoms with van der Waals surface area (Å²) >= 11 is 3.59. The van der Waals surface area contributed by atoms with Crippen molar-refractivity contribution in [2.24, 2.45) is 9.98 Å². The van der Waals surface area contributed by atoms with Gasteiger partial charge in [0.15, 0.2) is 5.84 Å². The topological polar surface area (TPSA) is 37.6 Å². The third kappa shape index (κ3) is 2.69. The molecule has 3 heterocycles. The highest BCUT2D eigenvalue weighted by Gasteiger charge is 2.29. The van der Waals surface area contributed by atoms with E-state index in [9.17, 15) is 0 Å². The van der Waals surface area contributed by atoms with Crippen molar-refractivity contribution in [3.05, 3.63) is 83.6 Å². The molecule has 1 aliphatic carbocycles. The number of rotatable bonds is 1. The van der Waals surface area contributed by atoms with Crippen molar-refractivity contribution in [2.75, 3.05) is 0 Å². The Morgan fingerprint density at radius 1 is 0.880 bits per heavy atom. The number of nitrogens with zero attached hydrogens (tertiary/aromatic N) is 3. The first kappa shape index (κ1) is 14.9. The van der Waals surface area contributed by atoms with Gasteiger partial charge in [-0.2, -0.15) is 0 Å². The van der Waals surface area contributed by atoms with E-state index in [1.807, 2.05) is 42.4 Å². The normalized spacial score (nSPS) is 20.9. The lowest BCUT2D eigenvalue weighted by Crippen LogP contribution is -2.14. The zero-order valence-electron chi connectivity index (χ0n) is 13.2. The minimum Gasteiger partial charge on any atom is -0.265 e. The highest BCUT2D eigenvalue weighted by molar-refractivity contribution is 8.12. The van der Waals surface area contributed by atoms with Crippen LogP contribution in [-0.2, 0) is 0 Å². The average molecular weight is 359 g/mol. The monoisotopic (exact) mass is 359 g/mol. The van der Waals surface area contributed by atoms with Gasteiger partial charge in [-0.3, -0.25) is 4.98 Å². The van der Waals surface area contributed by atoms with Gasteiger partial charge in [-0.05, 0) is 35.9 Å². The number of hydrogen-bond acceptors (Lipinski definition) is 5. The van der Waals surface area contributed by atoms with Crippen LogP contribution in [0.2, 0.25) is 0 Å². The molecule has 0 saturated carbocycles. The summed E-state index contributed by atoms with van der Waals surface area (Å²) in [6, 6.07) is 12.4. The van der Waals surface area contributed by atoms with Crippen molar-refractivity contribution in [1.29, 1.82) is 0 Å². The molecule has 0 spiro atoms. The molecule has 2 aromatic rings. The van der Waals surface area contributed by atoms with E-state index in [4.69, 9.17) is 9.98 Å². The maximum Gasteiger partial charge on any atom is 0.168 e. The van der Waals surface area contributed by atoms with E-state index >= 15 is 0 Å². The Morgan fingerprint density at radius 2 is 1.76 bits per heavy atom. The number of benzene rings is 1. The largest absolute Gasteiger partial charge is 0.265 e. The van der Waals surface area contributed by atoms with E-state index in [1.54, 1.807) is 11.8 Å². The van der Waals surface area contributed by atoms with Crippen molar-refractivity contribution >= 4 is 45.7 Å². The quantitative estimate of drug-likeness (QED) is 0.696. The molecule has 2 aliphatic heterocycles. The summed E-state index contributed by atoms with van der Waals surface area (Å²) in [6.07, 6.45) is 12.1. The van der Waals surface area contributed by atoms with E-state index in [0.29, 0.717) is 0 Å². The van der Waals surface area contributed by atoms with E-state index in [1.165, 1.54) is 9.80 Å². The summed E-state index contributed by atoms with van der Waals surface area (Å²) in [7, 11) is 0. The fourth-order valence-corrected chi connectivity index (χ4v) is 5.29. The van der Waals surface area contributed by atoms with Crippen LogP contribution in [0.15, 0.2) is 92.9 Å². The van der Waals surface area contributed by atoms with Crippen LogP contribution in [0.25, 0.3) is 4.91 Å². The molecule has 5 rings (SSSR count). The van der Waals surface area contributed by atoms with E-state index in [0.717, 1.165) is 27.7 Å². The van der Waals surface area contributed by atoms with Crippen LogP contribution < -0.4 is 0 Å². The number of aromatic nitrogens is 1. The Bertz CT molecular complexity index is 1000. The van der Waals surface area contributed by atoms with Crippen LogP contribution in [0.1, 0.15) is 5.56 Å². The average Bonchev–Trinajstić information content (AvgIpc) is 2.83. The van der Waals surface area contributed by atoms with Crippen molar-refractivity contribution in [1.82, 2.24) is 4.98 Å². The SMILES string of the molecule is C1=CC2=NC3=Nc4ccccc4SC3=C(c3ccncc3)SC2C=C1. The highest BCUT2D eigenvalue weighted by atomic mass is 32.2. The summed E-state index contributed by atoms with van der Waals surface area (Å²) in [5.74, 6) is 0.806. The van der Waals surface area contributed by atoms with Gasteiger partial charge in [-0.1, -0.05) is 42.1 Å². The number of allylic oxidation sites excluding steroid dienone is 3. The Labute approximate surface area is 154 Å². The standard InChI is InChI=1S/C20H13N3S2/c1-3-7-16-14(5-1)22-20-19(18(24-16)13-9-11-21-12-10-13)25-17-8-4-2-6-15(17)23-20/h1-12,16H. The number of para-hydroxylation sites is 1. The lowest BCUT2D eigenvalue weighted by Gasteiger charge is -2.18. The third-order valence-electron chi connectivity index (χ3n) is 4.09. The lowest BCUT2D eigenvalue weighted by molar-refractivity contribution is 1.32. The molecule has 0 N–H and O–H groups in total. The van der Waals surface area contributed by atoms with Gasteiger partial charge in [0.2, 0.25) is 0 Å². The Balaban J connectivity index is 1.74. The highest BCUT2D eigenvalue weighted by Crippen LogP contribution is 2.49. The van der Waals surface area contributed by atoms with Crippen LogP contribution in [0.4, 0.5) is 5.69 Å². The molecule has 0 saturated heterocycles. The van der Waals surface area contributed by atoms with Gasteiger partial charge >= 0.3 is 0 Å². The molecule has 0 fully saturated rings. The van der Waals surface area contributed by atoms with E-state index < -0.39 is 0 Å². The first-order chi connectivity index (χ1) is 12.4. The van der Waals surface area contributed by atoms with Crippen LogP contribution >= 0.6 is 23.5 Å². The van der Waals surface area contributed by atoms with E-state index in [-0.39, 0.29) is 5.25 Å². The van der Waals surface area contributed by atoms with Gasteiger partial charge in [0, 0.05) is 22.2 Å². The molecular weight excluding hydrogens is 346 g/mol. The van der Waals surface area contributed by atoms with Gasteiger partial charge in [0.1, 0.15) is 0 Å². The number of fused-ring (bicyclic) bond motifs is 3. The molecule has 1 atom stereocenters. The summed E-state index contributed by atoms with van der Waals surface area (Å²) in [5, 5.41) is 0.206. The minimum absolute atomic E-state index is 0.206. The number of amidine groups is 1. The molecule has 1 unspecified atom stereocenters. The number of hydrogen-bond donors (Lipinski definition) is 0. The minimum atomic E-state index is 0.206. The molecule has 25 heavy (non-hydrogen) atoms. The Hall–Kier alpha value is -2.37. The molecule has 1 aromatic heterocycles. The second kappa shape index (κ2) is 6.17. The van der Waals surface area contributed by atoms with Gasteiger partial charge < -0.3 is 0 Å². The van der Waals surface area contributed by atoms with Crippen LogP contribution in [0.3, 0.4) is 0 Å². The van der Waals surface area contributed by atoms with Gasteiger partial charge in [-0.25, -0.2) is 9.98 Å². The summed E-state index contributed by atoms with van der Waals surface area (Å²) in [6.45, 7) is 0. The first-order valence-corrected chi connectivity index (χ1v) is 9.69. The van der Waals surface area contributed by atoms with Crippen LogP contribution in [0.5, 0.6) is 0 Å². The number of aliphatic imine (C=N–C) groups is 2. The predicted molar refractivity (Wildman–Crippen MR) is 108 cm³/mol. The molecule has 0 radical (unpaired) electrons. The van der Waals surface area contributed by atoms with Crippen molar-refractivity contribution in [3.63, 3.8) is 0 Å². The van der Waals surface area contributed by atoms with E-state index in [2.05, 4.69) is 47.5 Å². The summed E-state index contributed by atoms with van der Waals surface area (Å²) < 4.78 is 0. The van der Waals surface area contributed by atoms with Crippen LogP contribution in [-0.4, -0.2) is 21.8 Å².